The predicted octanol–water partition coefficient (Wildman–Crippen LogP) is 2.17. The second-order valence-corrected chi connectivity index (χ2v) is 7.99. The van der Waals surface area contributed by atoms with Crippen LogP contribution in [0.15, 0.2) is 30.6 Å². The van der Waals surface area contributed by atoms with E-state index in [1.54, 1.807) is 24.3 Å². The molecular formula is C18H20Cl2N6O. The zero-order valence-corrected chi connectivity index (χ0v) is 16.1. The Kier molecular flexibility index (Phi) is 4.84. The number of anilines is 2. The lowest BCUT2D eigenvalue weighted by Gasteiger charge is -2.26. The maximum atomic E-state index is 12.3. The maximum Gasteiger partial charge on any atom is 0.251 e. The normalized spacial score (nSPS) is 23.8. The number of fused-ring (bicyclic) bond motifs is 1. The Labute approximate surface area is 167 Å². The molecule has 2 aliphatic rings. The third-order valence-electron chi connectivity index (χ3n) is 5.02. The molecule has 142 valence electrons. The van der Waals surface area contributed by atoms with Gasteiger partial charge in [-0.15, -0.1) is 11.6 Å². The van der Waals surface area contributed by atoms with Crippen LogP contribution in [0.5, 0.6) is 0 Å². The SMILES string of the molecule is N[C@]1(CNC(=O)c2ccc(Cl)cc2)CCN(c2ncnc3c2C(Cl)CN3)C1. The summed E-state index contributed by atoms with van der Waals surface area (Å²) in [5.41, 5.74) is 7.50. The van der Waals surface area contributed by atoms with Gasteiger partial charge < -0.3 is 21.3 Å². The molecule has 1 saturated heterocycles. The van der Waals surface area contributed by atoms with Crippen LogP contribution in [0.1, 0.15) is 27.7 Å². The summed E-state index contributed by atoms with van der Waals surface area (Å²) >= 11 is 12.3. The Hall–Kier alpha value is -2.09. The highest BCUT2D eigenvalue weighted by Gasteiger charge is 2.38. The van der Waals surface area contributed by atoms with Crippen molar-refractivity contribution >= 4 is 40.7 Å². The van der Waals surface area contributed by atoms with Crippen molar-refractivity contribution in [3.8, 4) is 0 Å². The van der Waals surface area contributed by atoms with Gasteiger partial charge in [0.15, 0.2) is 0 Å². The number of rotatable bonds is 4. The number of carbonyl (C=O) groups excluding carboxylic acids is 1. The molecule has 2 aliphatic heterocycles. The number of benzene rings is 1. The molecule has 7 nitrogen and oxygen atoms in total. The first-order valence-electron chi connectivity index (χ1n) is 8.76. The fourth-order valence-corrected chi connectivity index (χ4v) is 3.94. The summed E-state index contributed by atoms with van der Waals surface area (Å²) < 4.78 is 0. The number of nitrogens with zero attached hydrogens (tertiary/aromatic N) is 3. The molecule has 0 spiro atoms. The van der Waals surface area contributed by atoms with Gasteiger partial charge in [-0.05, 0) is 30.7 Å². The Balaban J connectivity index is 1.42. The molecule has 9 heteroatoms. The topological polar surface area (TPSA) is 96.2 Å². The third kappa shape index (κ3) is 3.67. The summed E-state index contributed by atoms with van der Waals surface area (Å²) in [6, 6.07) is 6.77. The van der Waals surface area contributed by atoms with Crippen molar-refractivity contribution in [1.82, 2.24) is 15.3 Å². The van der Waals surface area contributed by atoms with E-state index in [-0.39, 0.29) is 11.3 Å². The highest BCUT2D eigenvalue weighted by atomic mass is 35.5. The van der Waals surface area contributed by atoms with E-state index in [9.17, 15) is 4.79 Å². The number of amides is 1. The van der Waals surface area contributed by atoms with Gasteiger partial charge in [0.1, 0.15) is 18.0 Å². The van der Waals surface area contributed by atoms with Crippen LogP contribution >= 0.6 is 23.2 Å². The number of halogens is 2. The standard InChI is InChI=1S/C18H20Cl2N6O/c19-12-3-1-11(2-4-12)17(27)23-8-18(21)5-6-26(9-18)16-14-13(20)7-22-15(14)24-10-25-16/h1-4,10,13H,5-9,21H2,(H,23,27)(H,22,24,25)/t13?,18-/m0/s1. The molecule has 4 rings (SSSR count). The minimum absolute atomic E-state index is 0.159. The molecule has 4 N–H and O–H groups in total. The number of alkyl halides is 1. The van der Waals surface area contributed by atoms with Gasteiger partial charge in [0.2, 0.25) is 0 Å². The predicted molar refractivity (Wildman–Crippen MR) is 107 cm³/mol. The van der Waals surface area contributed by atoms with E-state index in [1.807, 2.05) is 0 Å². The molecule has 1 unspecified atom stereocenters. The van der Waals surface area contributed by atoms with Crippen molar-refractivity contribution < 1.29 is 4.79 Å². The van der Waals surface area contributed by atoms with Gasteiger partial charge in [0.25, 0.3) is 5.91 Å². The van der Waals surface area contributed by atoms with Gasteiger partial charge in [-0.1, -0.05) is 11.6 Å². The van der Waals surface area contributed by atoms with Crippen molar-refractivity contribution in [2.75, 3.05) is 36.4 Å². The summed E-state index contributed by atoms with van der Waals surface area (Å²) in [5.74, 6) is 1.44. The van der Waals surface area contributed by atoms with E-state index in [0.29, 0.717) is 30.2 Å². The van der Waals surface area contributed by atoms with E-state index in [0.717, 1.165) is 30.2 Å². The smallest absolute Gasteiger partial charge is 0.251 e. The summed E-state index contributed by atoms with van der Waals surface area (Å²) in [7, 11) is 0. The number of hydrogen-bond acceptors (Lipinski definition) is 6. The lowest BCUT2D eigenvalue weighted by molar-refractivity contribution is 0.0945. The van der Waals surface area contributed by atoms with Crippen molar-refractivity contribution in [1.29, 1.82) is 0 Å². The van der Waals surface area contributed by atoms with Gasteiger partial charge >= 0.3 is 0 Å². The number of aromatic nitrogens is 2. The second kappa shape index (κ2) is 7.14. The number of hydrogen-bond donors (Lipinski definition) is 3. The molecule has 3 heterocycles. The van der Waals surface area contributed by atoms with Crippen molar-refractivity contribution in [3.63, 3.8) is 0 Å². The van der Waals surface area contributed by atoms with Crippen LogP contribution in [0.25, 0.3) is 0 Å². The number of nitrogens with two attached hydrogens (primary N) is 1. The molecule has 1 amide bonds. The van der Waals surface area contributed by atoms with Crippen LogP contribution in [0.3, 0.4) is 0 Å². The van der Waals surface area contributed by atoms with Crippen molar-refractivity contribution in [3.05, 3.63) is 46.7 Å². The van der Waals surface area contributed by atoms with Gasteiger partial charge in [-0.25, -0.2) is 9.97 Å². The molecule has 2 aromatic rings. The zero-order chi connectivity index (χ0) is 19.0. The van der Waals surface area contributed by atoms with Crippen LogP contribution in [0.2, 0.25) is 5.02 Å². The maximum absolute atomic E-state index is 12.3. The van der Waals surface area contributed by atoms with E-state index < -0.39 is 5.54 Å². The summed E-state index contributed by atoms with van der Waals surface area (Å²) in [6.45, 7) is 2.35. The lowest BCUT2D eigenvalue weighted by atomic mass is 10.00. The molecular weight excluding hydrogens is 387 g/mol. The highest BCUT2D eigenvalue weighted by Crippen LogP contribution is 2.39. The Morgan fingerprint density at radius 2 is 2.15 bits per heavy atom. The van der Waals surface area contributed by atoms with Crippen LogP contribution in [0, 0.1) is 0 Å². The van der Waals surface area contributed by atoms with Crippen molar-refractivity contribution in [2.24, 2.45) is 5.73 Å². The monoisotopic (exact) mass is 406 g/mol. The molecule has 1 aromatic carbocycles. The summed E-state index contributed by atoms with van der Waals surface area (Å²) in [5, 5.41) is 6.55. The minimum atomic E-state index is -0.534. The third-order valence-corrected chi connectivity index (χ3v) is 5.64. The average Bonchev–Trinajstić information content (AvgIpc) is 3.24. The Morgan fingerprint density at radius 1 is 1.37 bits per heavy atom. The molecule has 0 radical (unpaired) electrons. The fraction of sp³-hybridized carbons (Fsp3) is 0.389. The van der Waals surface area contributed by atoms with E-state index >= 15 is 0 Å². The zero-order valence-electron chi connectivity index (χ0n) is 14.6. The van der Waals surface area contributed by atoms with Gasteiger partial charge in [-0.2, -0.15) is 0 Å². The largest absolute Gasteiger partial charge is 0.368 e. The Bertz CT molecular complexity index is 861. The molecule has 0 saturated carbocycles. The van der Waals surface area contributed by atoms with Gasteiger partial charge in [0.05, 0.1) is 16.5 Å². The van der Waals surface area contributed by atoms with Crippen molar-refractivity contribution in [2.45, 2.75) is 17.3 Å². The lowest BCUT2D eigenvalue weighted by Crippen LogP contribution is -2.52. The summed E-state index contributed by atoms with van der Waals surface area (Å²) in [4.78, 5) is 23.1. The number of nitrogens with one attached hydrogen (secondary N) is 2. The Morgan fingerprint density at radius 3 is 2.93 bits per heavy atom. The molecule has 0 aliphatic carbocycles. The van der Waals surface area contributed by atoms with Crippen LogP contribution in [-0.4, -0.2) is 47.6 Å². The minimum Gasteiger partial charge on any atom is -0.368 e. The fourth-order valence-electron chi connectivity index (χ4n) is 3.54. The quantitative estimate of drug-likeness (QED) is 0.673. The molecule has 1 fully saturated rings. The summed E-state index contributed by atoms with van der Waals surface area (Å²) in [6.07, 6.45) is 2.28. The number of carbonyl (C=O) groups is 1. The van der Waals surface area contributed by atoms with E-state index in [2.05, 4.69) is 25.5 Å². The van der Waals surface area contributed by atoms with Crippen LogP contribution in [-0.2, 0) is 0 Å². The van der Waals surface area contributed by atoms with Crippen LogP contribution < -0.4 is 21.3 Å². The van der Waals surface area contributed by atoms with Gasteiger partial charge in [-0.3, -0.25) is 4.79 Å². The average molecular weight is 407 g/mol. The molecule has 27 heavy (non-hydrogen) atoms. The van der Waals surface area contributed by atoms with Crippen LogP contribution in [0.4, 0.5) is 11.6 Å². The highest BCUT2D eigenvalue weighted by molar-refractivity contribution is 6.30. The first-order valence-corrected chi connectivity index (χ1v) is 9.57. The van der Waals surface area contributed by atoms with E-state index in [1.165, 1.54) is 6.33 Å². The first kappa shape index (κ1) is 18.3. The molecule has 0 bridgehead atoms. The second-order valence-electron chi connectivity index (χ2n) is 7.03. The van der Waals surface area contributed by atoms with Gasteiger partial charge in [0, 0.05) is 36.8 Å². The first-order chi connectivity index (χ1) is 13.0. The molecule has 1 aromatic heterocycles. The molecule has 2 atom stereocenters. The van der Waals surface area contributed by atoms with E-state index in [4.69, 9.17) is 28.9 Å².